The van der Waals surface area contributed by atoms with E-state index in [0.717, 1.165) is 11.8 Å². The molecule has 0 bridgehead atoms. The number of ether oxygens (including phenoxy) is 1. The molecule has 2 rings (SSSR count). The molecule has 0 saturated carbocycles. The number of anilines is 1. The highest BCUT2D eigenvalue weighted by Crippen LogP contribution is 2.38. The highest BCUT2D eigenvalue weighted by atomic mass is 32.2. The molecule has 1 aromatic heterocycles. The minimum absolute atomic E-state index is 0.00560. The number of aromatic nitrogens is 1. The van der Waals surface area contributed by atoms with Gasteiger partial charge in [0.25, 0.3) is 5.92 Å². The molecular formula is C27H32F2N6O3S. The fourth-order valence-electron chi connectivity index (χ4n) is 4.05. The number of nitriles is 2. The number of nitrogens with zero attached hydrogens (tertiary/aromatic N) is 4. The second kappa shape index (κ2) is 12.8. The zero-order chi connectivity index (χ0) is 29.5. The molecule has 9 nitrogen and oxygen atoms in total. The molecule has 3 N–H and O–H groups in total. The number of nitrogens with two attached hydrogens (primary N) is 1. The Kier molecular flexibility index (Phi) is 10.3. The van der Waals surface area contributed by atoms with E-state index in [9.17, 15) is 20.1 Å². The molecule has 2 atom stereocenters. The molecule has 0 aliphatic carbocycles. The lowest BCUT2D eigenvalue weighted by Crippen LogP contribution is -2.59. The summed E-state index contributed by atoms with van der Waals surface area (Å²) in [6, 6.07) is 2.55. The Hall–Kier alpha value is -3.90. The fraction of sp³-hybridized carbons (Fsp3) is 0.444. The lowest BCUT2D eigenvalue weighted by molar-refractivity contribution is -0.116. The monoisotopic (exact) mass is 558 g/mol. The molecule has 2 unspecified atom stereocenters. The van der Waals surface area contributed by atoms with E-state index in [1.54, 1.807) is 27.7 Å². The second-order valence-electron chi connectivity index (χ2n) is 9.72. The number of nitrogens with one attached hydrogen (secondary N) is 1. The largest absolute Gasteiger partial charge is 0.444 e. The third-order valence-corrected chi connectivity index (χ3v) is 7.01. The van der Waals surface area contributed by atoms with Crippen molar-refractivity contribution in [2.24, 2.45) is 5.73 Å². The van der Waals surface area contributed by atoms with Crippen molar-refractivity contribution in [1.29, 1.82) is 10.5 Å². The van der Waals surface area contributed by atoms with Gasteiger partial charge in [0.1, 0.15) is 33.8 Å². The van der Waals surface area contributed by atoms with Crippen LogP contribution in [-0.2, 0) is 16.0 Å². The van der Waals surface area contributed by atoms with Crippen LogP contribution in [0.1, 0.15) is 50.8 Å². The van der Waals surface area contributed by atoms with E-state index in [1.165, 1.54) is 23.1 Å². The minimum atomic E-state index is -3.39. The number of allylic oxidation sites excluding steroid dienone is 3. The van der Waals surface area contributed by atoms with Gasteiger partial charge in [0.2, 0.25) is 5.91 Å². The average molecular weight is 559 g/mol. The van der Waals surface area contributed by atoms with Gasteiger partial charge in [0.15, 0.2) is 0 Å². The molecule has 1 fully saturated rings. The lowest BCUT2D eigenvalue weighted by Gasteiger charge is -2.39. The molecule has 2 heterocycles. The van der Waals surface area contributed by atoms with Gasteiger partial charge in [-0.15, -0.1) is 0 Å². The van der Waals surface area contributed by atoms with Crippen molar-refractivity contribution < 1.29 is 23.1 Å². The average Bonchev–Trinajstić information content (AvgIpc) is 2.84. The van der Waals surface area contributed by atoms with Crippen LogP contribution in [0.5, 0.6) is 0 Å². The number of carbonyl (C=O) groups is 2. The molecule has 1 aromatic rings. The molecule has 0 spiro atoms. The van der Waals surface area contributed by atoms with Crippen LogP contribution in [0.15, 0.2) is 42.0 Å². The smallest absolute Gasteiger partial charge is 0.408 e. The van der Waals surface area contributed by atoms with Crippen LogP contribution in [0.2, 0.25) is 0 Å². The first-order valence-corrected chi connectivity index (χ1v) is 13.0. The second-order valence-corrected chi connectivity index (χ2v) is 10.8. The summed E-state index contributed by atoms with van der Waals surface area (Å²) in [5.41, 5.74) is 5.55. The third-order valence-electron chi connectivity index (χ3n) is 5.75. The van der Waals surface area contributed by atoms with E-state index < -0.39 is 41.4 Å². The Bertz CT molecular complexity index is 1260. The normalized spacial score (nSPS) is 17.8. The minimum Gasteiger partial charge on any atom is -0.444 e. The summed E-state index contributed by atoms with van der Waals surface area (Å²) in [6.45, 7) is 13.1. The Labute approximate surface area is 231 Å². The molecule has 0 aromatic carbocycles. The number of hydrogen-bond donors (Lipinski definition) is 2. The van der Waals surface area contributed by atoms with Crippen molar-refractivity contribution in [3.63, 3.8) is 0 Å². The van der Waals surface area contributed by atoms with Gasteiger partial charge in [-0.25, -0.2) is 18.6 Å². The zero-order valence-electron chi connectivity index (χ0n) is 22.4. The number of alkyl carbamates (subject to hydrolysis) is 1. The molecule has 1 aliphatic heterocycles. The van der Waals surface area contributed by atoms with E-state index in [2.05, 4.69) is 23.5 Å². The molecule has 12 heteroatoms. The van der Waals surface area contributed by atoms with Gasteiger partial charge >= 0.3 is 6.09 Å². The van der Waals surface area contributed by atoms with Crippen LogP contribution in [0, 0.1) is 22.7 Å². The zero-order valence-corrected chi connectivity index (χ0v) is 23.2. The Balaban J connectivity index is 2.54. The number of carbonyl (C=O) groups excluding carboxylic acids is 2. The summed E-state index contributed by atoms with van der Waals surface area (Å²) in [6.07, 6.45) is 3.53. The number of alkyl halides is 2. The van der Waals surface area contributed by atoms with Crippen LogP contribution >= 0.6 is 11.8 Å². The number of pyridine rings is 1. The van der Waals surface area contributed by atoms with Crippen molar-refractivity contribution in [1.82, 2.24) is 10.3 Å². The quantitative estimate of drug-likeness (QED) is 0.336. The topological polar surface area (TPSA) is 145 Å². The van der Waals surface area contributed by atoms with E-state index in [0.29, 0.717) is 11.1 Å². The van der Waals surface area contributed by atoms with Crippen LogP contribution in [0.3, 0.4) is 0 Å². The number of piperidine rings is 1. The standard InChI is InChI=1S/C27H32F2N6O3S/c1-7-10-16(8-2)21(22(32)36)39-24-19(14-31)17(9-3)18(13-30)23(34-24)35-12-11-20(27(28,29)15-35)33-25(37)38-26(4,5)6/h7-8,10,20-21H,1-2,9,11-12,15H2,3-6H3,(H2,32,36)(H,33,37)/b16-10+. The van der Waals surface area contributed by atoms with Gasteiger partial charge in [-0.3, -0.25) is 4.79 Å². The highest BCUT2D eigenvalue weighted by molar-refractivity contribution is 8.00. The maximum absolute atomic E-state index is 15.2. The summed E-state index contributed by atoms with van der Waals surface area (Å²) in [4.78, 5) is 30.1. The molecule has 0 radical (unpaired) electrons. The summed E-state index contributed by atoms with van der Waals surface area (Å²) in [5, 5.41) is 21.2. The number of halogens is 2. The number of rotatable bonds is 9. The number of primary amides is 1. The summed E-state index contributed by atoms with van der Waals surface area (Å²) >= 11 is 0.869. The van der Waals surface area contributed by atoms with E-state index >= 15 is 8.78 Å². The molecule has 2 amide bonds. The van der Waals surface area contributed by atoms with Crippen LogP contribution in [0.25, 0.3) is 0 Å². The number of amides is 2. The van der Waals surface area contributed by atoms with Crippen molar-refractivity contribution in [2.75, 3.05) is 18.0 Å². The SMILES string of the molecule is C=C/C=C(\C=C)C(Sc1nc(N2CCC(NC(=O)OC(C)(C)C)C(F)(F)C2)c(C#N)c(CC)c1C#N)C(N)=O. The Morgan fingerprint density at radius 3 is 2.44 bits per heavy atom. The Morgan fingerprint density at radius 2 is 1.97 bits per heavy atom. The fourth-order valence-corrected chi connectivity index (χ4v) is 5.12. The summed E-state index contributed by atoms with van der Waals surface area (Å²) in [5.74, 6) is -4.17. The van der Waals surface area contributed by atoms with E-state index in [1.807, 2.05) is 12.1 Å². The number of thioether (sulfide) groups is 1. The molecule has 1 aliphatic rings. The van der Waals surface area contributed by atoms with Crippen molar-refractivity contribution in [2.45, 2.75) is 68.4 Å². The molecule has 1 saturated heterocycles. The van der Waals surface area contributed by atoms with Gasteiger partial charge in [-0.1, -0.05) is 50.1 Å². The maximum atomic E-state index is 15.2. The van der Waals surface area contributed by atoms with Crippen LogP contribution < -0.4 is 16.0 Å². The lowest BCUT2D eigenvalue weighted by atomic mass is 9.98. The van der Waals surface area contributed by atoms with Gasteiger partial charge in [0, 0.05) is 6.54 Å². The van der Waals surface area contributed by atoms with Crippen LogP contribution in [-0.4, -0.2) is 52.9 Å². The molecular weight excluding hydrogens is 526 g/mol. The predicted molar refractivity (Wildman–Crippen MR) is 145 cm³/mol. The Morgan fingerprint density at radius 1 is 1.33 bits per heavy atom. The maximum Gasteiger partial charge on any atom is 0.408 e. The van der Waals surface area contributed by atoms with Crippen LogP contribution in [0.4, 0.5) is 19.4 Å². The molecule has 39 heavy (non-hydrogen) atoms. The van der Waals surface area contributed by atoms with Gasteiger partial charge in [0.05, 0.1) is 23.7 Å². The third kappa shape index (κ3) is 7.58. The first-order chi connectivity index (χ1) is 18.2. The van der Waals surface area contributed by atoms with Gasteiger partial charge in [-0.2, -0.15) is 10.5 Å². The highest BCUT2D eigenvalue weighted by Gasteiger charge is 2.47. The summed E-state index contributed by atoms with van der Waals surface area (Å²) < 4.78 is 35.6. The first-order valence-electron chi connectivity index (χ1n) is 12.1. The molecule has 208 valence electrons. The summed E-state index contributed by atoms with van der Waals surface area (Å²) in [7, 11) is 0. The van der Waals surface area contributed by atoms with Crippen molar-refractivity contribution in [3.05, 3.63) is 53.6 Å². The van der Waals surface area contributed by atoms with Gasteiger partial charge < -0.3 is 20.7 Å². The van der Waals surface area contributed by atoms with Crippen molar-refractivity contribution >= 4 is 29.6 Å². The van der Waals surface area contributed by atoms with E-state index in [4.69, 9.17) is 10.5 Å². The number of hydrogen-bond acceptors (Lipinski definition) is 8. The van der Waals surface area contributed by atoms with Gasteiger partial charge in [-0.05, 0) is 44.7 Å². The van der Waals surface area contributed by atoms with Crippen molar-refractivity contribution in [3.8, 4) is 12.1 Å². The first kappa shape index (κ1) is 31.3. The predicted octanol–water partition coefficient (Wildman–Crippen LogP) is 4.37. The van der Waals surface area contributed by atoms with E-state index in [-0.39, 0.29) is 41.4 Å².